The van der Waals surface area contributed by atoms with Crippen molar-refractivity contribution in [1.82, 2.24) is 14.8 Å². The number of nitrogens with two attached hydrogens (primary N) is 1. The van der Waals surface area contributed by atoms with Crippen molar-refractivity contribution >= 4 is 0 Å². The van der Waals surface area contributed by atoms with Crippen LogP contribution in [-0.2, 0) is 6.42 Å². The molecule has 0 radical (unpaired) electrons. The van der Waals surface area contributed by atoms with Crippen molar-refractivity contribution in [3.05, 3.63) is 42.0 Å². The minimum Gasteiger partial charge on any atom is -0.330 e. The van der Waals surface area contributed by atoms with Crippen LogP contribution in [0.2, 0.25) is 0 Å². The average Bonchev–Trinajstić information content (AvgIpc) is 2.75. The van der Waals surface area contributed by atoms with Crippen LogP contribution in [0.1, 0.15) is 17.8 Å². The maximum absolute atomic E-state index is 5.51. The van der Waals surface area contributed by atoms with Crippen LogP contribution in [0.25, 0.3) is 5.69 Å². The lowest BCUT2D eigenvalue weighted by molar-refractivity contribution is 0.759. The van der Waals surface area contributed by atoms with E-state index in [0.717, 1.165) is 24.4 Å². The summed E-state index contributed by atoms with van der Waals surface area (Å²) in [6.07, 6.45) is 3.56. The maximum atomic E-state index is 5.51. The minimum absolute atomic E-state index is 0.681. The number of hydrogen-bond acceptors (Lipinski definition) is 3. The monoisotopic (exact) mass is 216 g/mol. The van der Waals surface area contributed by atoms with Crippen LogP contribution in [0.5, 0.6) is 0 Å². The molecule has 2 aromatic rings. The van der Waals surface area contributed by atoms with Gasteiger partial charge in [0.2, 0.25) is 0 Å². The summed E-state index contributed by atoms with van der Waals surface area (Å²) in [6.45, 7) is 2.77. The van der Waals surface area contributed by atoms with Gasteiger partial charge in [-0.1, -0.05) is 18.2 Å². The third-order valence-corrected chi connectivity index (χ3v) is 2.60. The molecule has 0 amide bonds. The molecule has 2 N–H and O–H groups in total. The molecule has 84 valence electrons. The number of para-hydroxylation sites is 1. The molecule has 0 aliphatic heterocycles. The molecule has 0 saturated heterocycles. The topological polar surface area (TPSA) is 56.7 Å². The van der Waals surface area contributed by atoms with Crippen LogP contribution in [0.15, 0.2) is 30.6 Å². The standard InChI is InChI=1S/C12H16N4/c1-10-5-2-3-6-11(10)16-9-14-15-12(16)7-4-8-13/h2-3,5-6,9H,4,7-8,13H2,1H3. The Labute approximate surface area is 95.1 Å². The second-order valence-corrected chi connectivity index (χ2v) is 3.80. The summed E-state index contributed by atoms with van der Waals surface area (Å²) in [5, 5.41) is 8.09. The molecule has 16 heavy (non-hydrogen) atoms. The first-order valence-corrected chi connectivity index (χ1v) is 5.48. The second-order valence-electron chi connectivity index (χ2n) is 3.80. The fourth-order valence-electron chi connectivity index (χ4n) is 1.72. The number of aromatic nitrogens is 3. The molecule has 1 aromatic carbocycles. The Kier molecular flexibility index (Phi) is 3.31. The van der Waals surface area contributed by atoms with Crippen LogP contribution in [0, 0.1) is 6.92 Å². The lowest BCUT2D eigenvalue weighted by Crippen LogP contribution is -2.06. The van der Waals surface area contributed by atoms with Gasteiger partial charge in [-0.2, -0.15) is 0 Å². The van der Waals surface area contributed by atoms with E-state index in [2.05, 4.69) is 29.3 Å². The predicted molar refractivity (Wildman–Crippen MR) is 63.5 cm³/mol. The van der Waals surface area contributed by atoms with E-state index in [9.17, 15) is 0 Å². The Morgan fingerprint density at radius 3 is 2.88 bits per heavy atom. The van der Waals surface area contributed by atoms with Crippen molar-refractivity contribution in [3.8, 4) is 5.69 Å². The van der Waals surface area contributed by atoms with Gasteiger partial charge >= 0.3 is 0 Å². The summed E-state index contributed by atoms with van der Waals surface area (Å²) in [7, 11) is 0. The Hall–Kier alpha value is -1.68. The van der Waals surface area contributed by atoms with Gasteiger partial charge in [-0.15, -0.1) is 10.2 Å². The summed E-state index contributed by atoms with van der Waals surface area (Å²) >= 11 is 0. The van der Waals surface area contributed by atoms with E-state index in [-0.39, 0.29) is 0 Å². The molecule has 1 aromatic heterocycles. The molecule has 0 bridgehead atoms. The molecule has 0 saturated carbocycles. The molecule has 0 fully saturated rings. The predicted octanol–water partition coefficient (Wildman–Crippen LogP) is 1.47. The lowest BCUT2D eigenvalue weighted by atomic mass is 10.2. The third kappa shape index (κ3) is 2.12. The smallest absolute Gasteiger partial charge is 0.137 e. The first-order valence-electron chi connectivity index (χ1n) is 5.48. The molecule has 0 unspecified atom stereocenters. The average molecular weight is 216 g/mol. The van der Waals surface area contributed by atoms with Crippen molar-refractivity contribution in [2.45, 2.75) is 19.8 Å². The van der Waals surface area contributed by atoms with Gasteiger partial charge < -0.3 is 5.73 Å². The Balaban J connectivity index is 2.33. The Bertz CT molecular complexity index is 462. The highest BCUT2D eigenvalue weighted by Gasteiger charge is 2.07. The van der Waals surface area contributed by atoms with Crippen molar-refractivity contribution < 1.29 is 0 Å². The van der Waals surface area contributed by atoms with E-state index in [1.165, 1.54) is 5.56 Å². The van der Waals surface area contributed by atoms with E-state index < -0.39 is 0 Å². The molecule has 4 nitrogen and oxygen atoms in total. The van der Waals surface area contributed by atoms with Gasteiger partial charge in [0.05, 0.1) is 5.69 Å². The first kappa shape index (κ1) is 10.8. The van der Waals surface area contributed by atoms with Crippen LogP contribution in [0.4, 0.5) is 0 Å². The highest BCUT2D eigenvalue weighted by Crippen LogP contribution is 2.14. The Morgan fingerprint density at radius 2 is 2.12 bits per heavy atom. The normalized spacial score (nSPS) is 10.6. The van der Waals surface area contributed by atoms with Gasteiger partial charge in [0.15, 0.2) is 0 Å². The number of rotatable bonds is 4. The van der Waals surface area contributed by atoms with E-state index >= 15 is 0 Å². The van der Waals surface area contributed by atoms with Gasteiger partial charge in [-0.3, -0.25) is 4.57 Å². The quantitative estimate of drug-likeness (QED) is 0.842. The third-order valence-electron chi connectivity index (χ3n) is 2.60. The second kappa shape index (κ2) is 4.90. The highest BCUT2D eigenvalue weighted by molar-refractivity contribution is 5.40. The van der Waals surface area contributed by atoms with E-state index in [4.69, 9.17) is 5.73 Å². The van der Waals surface area contributed by atoms with Gasteiger partial charge in [0.1, 0.15) is 12.2 Å². The zero-order valence-electron chi connectivity index (χ0n) is 9.43. The highest BCUT2D eigenvalue weighted by atomic mass is 15.3. The van der Waals surface area contributed by atoms with Crippen LogP contribution < -0.4 is 5.73 Å². The summed E-state index contributed by atoms with van der Waals surface area (Å²) in [5.41, 5.74) is 7.86. The van der Waals surface area contributed by atoms with E-state index in [0.29, 0.717) is 6.54 Å². The molecule has 4 heteroatoms. The molecule has 2 rings (SSSR count). The number of benzene rings is 1. The molecular formula is C12H16N4. The zero-order valence-corrected chi connectivity index (χ0v) is 9.43. The molecular weight excluding hydrogens is 200 g/mol. The van der Waals surface area contributed by atoms with Gasteiger partial charge in [0, 0.05) is 6.42 Å². The number of aryl methyl sites for hydroxylation is 2. The van der Waals surface area contributed by atoms with Gasteiger partial charge in [-0.05, 0) is 31.5 Å². The summed E-state index contributed by atoms with van der Waals surface area (Å²) in [4.78, 5) is 0. The maximum Gasteiger partial charge on any atom is 0.137 e. The first-order chi connectivity index (χ1) is 7.83. The molecule has 1 heterocycles. The Morgan fingerprint density at radius 1 is 1.31 bits per heavy atom. The fraction of sp³-hybridized carbons (Fsp3) is 0.333. The van der Waals surface area contributed by atoms with Crippen LogP contribution in [0.3, 0.4) is 0 Å². The van der Waals surface area contributed by atoms with Crippen LogP contribution >= 0.6 is 0 Å². The zero-order chi connectivity index (χ0) is 11.4. The molecule has 0 spiro atoms. The molecule has 0 aliphatic carbocycles. The van der Waals surface area contributed by atoms with Gasteiger partial charge in [-0.25, -0.2) is 0 Å². The summed E-state index contributed by atoms with van der Waals surface area (Å²) < 4.78 is 2.03. The SMILES string of the molecule is Cc1ccccc1-n1cnnc1CCCN. The lowest BCUT2D eigenvalue weighted by Gasteiger charge is -2.08. The van der Waals surface area contributed by atoms with Crippen LogP contribution in [-0.4, -0.2) is 21.3 Å². The van der Waals surface area contributed by atoms with Gasteiger partial charge in [0.25, 0.3) is 0 Å². The number of nitrogens with zero attached hydrogens (tertiary/aromatic N) is 3. The van der Waals surface area contributed by atoms with Crippen molar-refractivity contribution in [2.75, 3.05) is 6.54 Å². The summed E-state index contributed by atoms with van der Waals surface area (Å²) in [6, 6.07) is 8.21. The largest absolute Gasteiger partial charge is 0.330 e. The fourth-order valence-corrected chi connectivity index (χ4v) is 1.72. The van der Waals surface area contributed by atoms with Crippen molar-refractivity contribution in [1.29, 1.82) is 0 Å². The number of hydrogen-bond donors (Lipinski definition) is 1. The van der Waals surface area contributed by atoms with E-state index in [1.54, 1.807) is 6.33 Å². The molecule has 0 atom stereocenters. The minimum atomic E-state index is 0.681. The summed E-state index contributed by atoms with van der Waals surface area (Å²) in [5.74, 6) is 0.972. The molecule has 0 aliphatic rings. The van der Waals surface area contributed by atoms with E-state index in [1.807, 2.05) is 16.7 Å². The van der Waals surface area contributed by atoms with Crippen molar-refractivity contribution in [3.63, 3.8) is 0 Å². The van der Waals surface area contributed by atoms with Crippen molar-refractivity contribution in [2.24, 2.45) is 5.73 Å².